The fraction of sp³-hybridized carbons (Fsp3) is 0.409. The third-order valence-corrected chi connectivity index (χ3v) is 6.19. The van der Waals surface area contributed by atoms with Crippen LogP contribution in [0.1, 0.15) is 39.3 Å². The number of amides is 1. The molecule has 0 aliphatic carbocycles. The van der Waals surface area contributed by atoms with Crippen LogP contribution in [0.4, 0.5) is 5.69 Å². The quantitative estimate of drug-likeness (QED) is 0.641. The van der Waals surface area contributed by atoms with E-state index in [1.807, 2.05) is 19.9 Å². The Balaban J connectivity index is 1.97. The molecule has 1 unspecified atom stereocenters. The van der Waals surface area contributed by atoms with E-state index < -0.39 is 16.1 Å². The lowest BCUT2D eigenvalue weighted by molar-refractivity contribution is -0.114. The minimum atomic E-state index is -3.98. The van der Waals surface area contributed by atoms with Crippen LogP contribution in [0.5, 0.6) is 17.2 Å². The van der Waals surface area contributed by atoms with E-state index in [-0.39, 0.29) is 22.5 Å². The summed E-state index contributed by atoms with van der Waals surface area (Å²) in [6, 6.07) is 9.45. The molecule has 0 aromatic heterocycles. The third kappa shape index (κ3) is 5.48. The number of carbonyl (C=O) groups is 1. The van der Waals surface area contributed by atoms with E-state index >= 15 is 0 Å². The van der Waals surface area contributed by atoms with E-state index in [0.717, 1.165) is 5.56 Å². The van der Waals surface area contributed by atoms with Crippen molar-refractivity contribution in [3.05, 3.63) is 42.0 Å². The van der Waals surface area contributed by atoms with Gasteiger partial charge in [-0.1, -0.05) is 19.9 Å². The summed E-state index contributed by atoms with van der Waals surface area (Å²) in [7, 11) is -3.98. The molecule has 31 heavy (non-hydrogen) atoms. The molecular formula is C22H28N2O6S. The molecule has 8 nitrogen and oxygen atoms in total. The number of fused-ring (bicyclic) bond motifs is 1. The fourth-order valence-electron chi connectivity index (χ4n) is 3.35. The Hall–Kier alpha value is -2.78. The maximum Gasteiger partial charge on any atom is 0.244 e. The molecule has 0 radical (unpaired) electrons. The summed E-state index contributed by atoms with van der Waals surface area (Å²) in [6.45, 7) is 8.23. The molecule has 2 aromatic rings. The first-order chi connectivity index (χ1) is 14.7. The van der Waals surface area contributed by atoms with Crippen molar-refractivity contribution in [2.75, 3.05) is 25.1 Å². The van der Waals surface area contributed by atoms with Crippen molar-refractivity contribution in [2.24, 2.45) is 5.92 Å². The topological polar surface area (TPSA) is 103 Å². The molecule has 9 heteroatoms. The molecule has 0 bridgehead atoms. The first-order valence-corrected chi connectivity index (χ1v) is 11.7. The van der Waals surface area contributed by atoms with Gasteiger partial charge >= 0.3 is 0 Å². The summed E-state index contributed by atoms with van der Waals surface area (Å²) < 4.78 is 46.3. The van der Waals surface area contributed by atoms with Gasteiger partial charge in [-0.05, 0) is 48.7 Å². The van der Waals surface area contributed by atoms with Gasteiger partial charge in [-0.2, -0.15) is 0 Å². The molecular weight excluding hydrogens is 420 g/mol. The van der Waals surface area contributed by atoms with E-state index in [0.29, 0.717) is 37.0 Å². The average Bonchev–Trinajstić information content (AvgIpc) is 2.72. The second kappa shape index (κ2) is 9.57. The summed E-state index contributed by atoms with van der Waals surface area (Å²) >= 11 is 0. The normalized spacial score (nSPS) is 14.2. The SMILES string of the molecule is CCOc1ccc(NC(C)=O)cc1S(=O)(=O)NC(c1ccc2c(c1)OCCO2)C(C)C. The van der Waals surface area contributed by atoms with Crippen LogP contribution < -0.4 is 24.2 Å². The highest BCUT2D eigenvalue weighted by Crippen LogP contribution is 2.36. The average molecular weight is 449 g/mol. The molecule has 0 saturated carbocycles. The second-order valence-electron chi connectivity index (χ2n) is 7.52. The van der Waals surface area contributed by atoms with E-state index in [9.17, 15) is 13.2 Å². The summed E-state index contributed by atoms with van der Waals surface area (Å²) in [4.78, 5) is 11.4. The number of benzene rings is 2. The maximum atomic E-state index is 13.4. The van der Waals surface area contributed by atoms with Crippen LogP contribution in [0.25, 0.3) is 0 Å². The smallest absolute Gasteiger partial charge is 0.244 e. The molecule has 1 aliphatic heterocycles. The van der Waals surface area contributed by atoms with E-state index in [1.54, 1.807) is 25.1 Å². The molecule has 3 rings (SSSR count). The van der Waals surface area contributed by atoms with Crippen molar-refractivity contribution in [3.8, 4) is 17.2 Å². The lowest BCUT2D eigenvalue weighted by Crippen LogP contribution is -2.32. The van der Waals surface area contributed by atoms with Gasteiger partial charge in [0.1, 0.15) is 23.9 Å². The Bertz CT molecular complexity index is 1050. The summed E-state index contributed by atoms with van der Waals surface area (Å²) in [5, 5.41) is 2.61. The summed E-state index contributed by atoms with van der Waals surface area (Å²) in [5.74, 6) is 1.11. The predicted molar refractivity (Wildman–Crippen MR) is 117 cm³/mol. The van der Waals surface area contributed by atoms with E-state index in [1.165, 1.54) is 19.1 Å². The molecule has 2 N–H and O–H groups in total. The fourth-order valence-corrected chi connectivity index (χ4v) is 4.89. The Labute approximate surface area is 182 Å². The number of nitrogens with one attached hydrogen (secondary N) is 2. The highest BCUT2D eigenvalue weighted by Gasteiger charge is 2.28. The van der Waals surface area contributed by atoms with E-state index in [4.69, 9.17) is 14.2 Å². The van der Waals surface area contributed by atoms with Gasteiger partial charge in [0.05, 0.1) is 6.61 Å². The molecule has 0 spiro atoms. The minimum Gasteiger partial charge on any atom is -0.492 e. The number of sulfonamides is 1. The van der Waals surface area contributed by atoms with Crippen LogP contribution in [-0.4, -0.2) is 34.1 Å². The van der Waals surface area contributed by atoms with Crippen LogP contribution in [0.3, 0.4) is 0 Å². The standard InChI is InChI=1S/C22H28N2O6S/c1-5-28-19-9-7-17(23-15(4)25)13-21(19)31(26,27)24-22(14(2)3)16-6-8-18-20(12-16)30-11-10-29-18/h6-9,12-14,22,24H,5,10-11H2,1-4H3,(H,23,25). The van der Waals surface area contributed by atoms with E-state index in [2.05, 4.69) is 10.0 Å². The number of ether oxygens (including phenoxy) is 3. The minimum absolute atomic E-state index is 0.0382. The number of anilines is 1. The zero-order valence-corrected chi connectivity index (χ0v) is 18.9. The first kappa shape index (κ1) is 22.9. The number of hydrogen-bond acceptors (Lipinski definition) is 6. The van der Waals surface area contributed by atoms with Crippen molar-refractivity contribution in [3.63, 3.8) is 0 Å². The highest BCUT2D eigenvalue weighted by molar-refractivity contribution is 7.89. The van der Waals surface area contributed by atoms with Gasteiger partial charge in [-0.3, -0.25) is 4.79 Å². The Morgan fingerprint density at radius 2 is 1.81 bits per heavy atom. The van der Waals surface area contributed by atoms with Crippen LogP contribution in [0, 0.1) is 5.92 Å². The zero-order valence-electron chi connectivity index (χ0n) is 18.1. The van der Waals surface area contributed by atoms with Crippen molar-refractivity contribution >= 4 is 21.6 Å². The monoisotopic (exact) mass is 448 g/mol. The van der Waals surface area contributed by atoms with Crippen LogP contribution in [0.15, 0.2) is 41.3 Å². The number of rotatable bonds is 8. The van der Waals surface area contributed by atoms with Gasteiger partial charge in [0.25, 0.3) is 0 Å². The van der Waals surface area contributed by atoms with Crippen molar-refractivity contribution in [2.45, 2.75) is 38.6 Å². The highest BCUT2D eigenvalue weighted by atomic mass is 32.2. The Kier molecular flexibility index (Phi) is 7.07. The van der Waals surface area contributed by atoms with Gasteiger partial charge in [0.15, 0.2) is 11.5 Å². The van der Waals surface area contributed by atoms with Crippen LogP contribution >= 0.6 is 0 Å². The second-order valence-corrected chi connectivity index (χ2v) is 9.20. The van der Waals surface area contributed by atoms with Crippen LogP contribution in [0.2, 0.25) is 0 Å². The zero-order chi connectivity index (χ0) is 22.6. The molecule has 0 saturated heterocycles. The van der Waals surface area contributed by atoms with Gasteiger partial charge in [0.2, 0.25) is 15.9 Å². The third-order valence-electron chi connectivity index (χ3n) is 4.73. The number of hydrogen-bond donors (Lipinski definition) is 2. The molecule has 168 valence electrons. The number of carbonyl (C=O) groups excluding carboxylic acids is 1. The van der Waals surface area contributed by atoms with Crippen molar-refractivity contribution in [1.82, 2.24) is 4.72 Å². The lowest BCUT2D eigenvalue weighted by atomic mass is 9.97. The maximum absolute atomic E-state index is 13.4. The first-order valence-electron chi connectivity index (χ1n) is 10.2. The van der Waals surface area contributed by atoms with Gasteiger partial charge in [-0.15, -0.1) is 0 Å². The van der Waals surface area contributed by atoms with Gasteiger partial charge in [0, 0.05) is 18.7 Å². The Morgan fingerprint density at radius 1 is 1.10 bits per heavy atom. The summed E-state index contributed by atoms with van der Waals surface area (Å²) in [6.07, 6.45) is 0. The summed E-state index contributed by atoms with van der Waals surface area (Å²) in [5.41, 5.74) is 1.13. The van der Waals surface area contributed by atoms with Crippen molar-refractivity contribution < 1.29 is 27.4 Å². The van der Waals surface area contributed by atoms with Crippen molar-refractivity contribution in [1.29, 1.82) is 0 Å². The molecule has 1 aliphatic rings. The van der Waals surface area contributed by atoms with Gasteiger partial charge in [-0.25, -0.2) is 13.1 Å². The van der Waals surface area contributed by atoms with Gasteiger partial charge < -0.3 is 19.5 Å². The molecule has 1 amide bonds. The molecule has 1 atom stereocenters. The largest absolute Gasteiger partial charge is 0.492 e. The van der Waals surface area contributed by atoms with Crippen LogP contribution in [-0.2, 0) is 14.8 Å². The molecule has 1 heterocycles. The Morgan fingerprint density at radius 3 is 2.45 bits per heavy atom. The predicted octanol–water partition coefficient (Wildman–Crippen LogP) is 3.49. The molecule has 0 fully saturated rings. The molecule has 2 aromatic carbocycles. The lowest BCUT2D eigenvalue weighted by Gasteiger charge is -2.26.